The molecule has 0 bridgehead atoms. The van der Waals surface area contributed by atoms with Crippen LogP contribution in [0, 0.1) is 0 Å². The van der Waals surface area contributed by atoms with Gasteiger partial charge in [0.15, 0.2) is 5.79 Å². The lowest BCUT2D eigenvalue weighted by Gasteiger charge is -2.25. The maximum atomic E-state index is 5.33. The van der Waals surface area contributed by atoms with Gasteiger partial charge in [-0.3, -0.25) is 0 Å². The van der Waals surface area contributed by atoms with Gasteiger partial charge in [0, 0.05) is 20.6 Å². The summed E-state index contributed by atoms with van der Waals surface area (Å²) in [6, 6.07) is 0. The zero-order valence-corrected chi connectivity index (χ0v) is 7.02. The third-order valence-corrected chi connectivity index (χ3v) is 1.70. The maximum Gasteiger partial charge on any atom is 0.164 e. The molecule has 0 unspecified atom stereocenters. The fourth-order valence-electron chi connectivity index (χ4n) is 0.711. The van der Waals surface area contributed by atoms with E-state index in [9.17, 15) is 0 Å². The van der Waals surface area contributed by atoms with E-state index in [0.717, 1.165) is 12.8 Å². The number of methoxy groups -OCH3 is 2. The Hall–Kier alpha value is -0.120. The predicted octanol–water partition coefficient (Wildman–Crippen LogP) is 0.734. The van der Waals surface area contributed by atoms with Crippen LogP contribution in [0.1, 0.15) is 19.8 Å². The Kier molecular flexibility index (Phi) is 4.60. The average Bonchev–Trinajstić information content (AvgIpc) is 2.00. The van der Waals surface area contributed by atoms with Gasteiger partial charge in [-0.25, -0.2) is 0 Å². The summed E-state index contributed by atoms with van der Waals surface area (Å²) >= 11 is 0. The molecule has 0 amide bonds. The normalized spacial score (nSPS) is 12.0. The van der Waals surface area contributed by atoms with Gasteiger partial charge >= 0.3 is 0 Å². The summed E-state index contributed by atoms with van der Waals surface area (Å²) in [6.45, 7) is 2.59. The molecule has 3 heteroatoms. The highest BCUT2D eigenvalue weighted by atomic mass is 16.7. The van der Waals surface area contributed by atoms with Crippen molar-refractivity contribution in [3.05, 3.63) is 0 Å². The van der Waals surface area contributed by atoms with Gasteiger partial charge in [-0.1, -0.05) is 0 Å². The fraction of sp³-hybridized carbons (Fsp3) is 1.00. The van der Waals surface area contributed by atoms with Crippen molar-refractivity contribution < 1.29 is 9.47 Å². The molecule has 0 saturated carbocycles. The fourth-order valence-corrected chi connectivity index (χ4v) is 0.711. The van der Waals surface area contributed by atoms with E-state index in [1.54, 1.807) is 14.2 Å². The summed E-state index contributed by atoms with van der Waals surface area (Å²) in [7, 11) is 3.28. The van der Waals surface area contributed by atoms with Crippen LogP contribution in [0.15, 0.2) is 0 Å². The second-order valence-electron chi connectivity index (χ2n) is 2.43. The summed E-state index contributed by atoms with van der Waals surface area (Å²) < 4.78 is 10.2. The Morgan fingerprint density at radius 3 is 2.10 bits per heavy atom. The third-order valence-electron chi connectivity index (χ3n) is 1.70. The first kappa shape index (κ1) is 9.88. The summed E-state index contributed by atoms with van der Waals surface area (Å²) in [4.78, 5) is 0. The van der Waals surface area contributed by atoms with E-state index >= 15 is 0 Å². The highest BCUT2D eigenvalue weighted by molar-refractivity contribution is 4.61. The summed E-state index contributed by atoms with van der Waals surface area (Å²) in [6.07, 6.45) is 1.77. The highest BCUT2D eigenvalue weighted by Gasteiger charge is 2.20. The van der Waals surface area contributed by atoms with Crippen LogP contribution >= 0.6 is 0 Å². The second-order valence-corrected chi connectivity index (χ2v) is 2.43. The SMILES string of the molecule is COC(C)(CCCN)OC. The number of ether oxygens (including phenoxy) is 2. The maximum absolute atomic E-state index is 5.33. The first-order valence-electron chi connectivity index (χ1n) is 3.49. The zero-order chi connectivity index (χ0) is 8.04. The quantitative estimate of drug-likeness (QED) is 0.583. The van der Waals surface area contributed by atoms with Crippen LogP contribution in [-0.4, -0.2) is 26.6 Å². The molecule has 0 aliphatic carbocycles. The average molecular weight is 147 g/mol. The molecule has 0 aromatic heterocycles. The minimum absolute atomic E-state index is 0.445. The van der Waals surface area contributed by atoms with Gasteiger partial charge < -0.3 is 15.2 Å². The van der Waals surface area contributed by atoms with Gasteiger partial charge in [-0.05, 0) is 19.9 Å². The molecule has 0 aromatic rings. The minimum Gasteiger partial charge on any atom is -0.353 e. The van der Waals surface area contributed by atoms with Crippen molar-refractivity contribution in [1.82, 2.24) is 0 Å². The van der Waals surface area contributed by atoms with E-state index in [4.69, 9.17) is 15.2 Å². The summed E-state index contributed by atoms with van der Waals surface area (Å²) in [5.74, 6) is -0.445. The van der Waals surface area contributed by atoms with Gasteiger partial charge in [0.1, 0.15) is 0 Å². The van der Waals surface area contributed by atoms with Gasteiger partial charge in [0.25, 0.3) is 0 Å². The van der Waals surface area contributed by atoms with Gasteiger partial charge in [-0.2, -0.15) is 0 Å². The first-order valence-corrected chi connectivity index (χ1v) is 3.49. The van der Waals surface area contributed by atoms with Crippen molar-refractivity contribution >= 4 is 0 Å². The molecular formula is C7H17NO2. The second kappa shape index (κ2) is 4.66. The summed E-state index contributed by atoms with van der Waals surface area (Å²) in [5.41, 5.74) is 5.33. The molecule has 0 fully saturated rings. The molecule has 0 spiro atoms. The van der Waals surface area contributed by atoms with Crippen molar-refractivity contribution in [3.8, 4) is 0 Å². The van der Waals surface area contributed by atoms with Crippen LogP contribution < -0.4 is 5.73 Å². The Morgan fingerprint density at radius 1 is 1.30 bits per heavy atom. The van der Waals surface area contributed by atoms with E-state index in [1.807, 2.05) is 6.92 Å². The van der Waals surface area contributed by atoms with Gasteiger partial charge in [0.05, 0.1) is 0 Å². The lowest BCUT2D eigenvalue weighted by Crippen LogP contribution is -2.30. The van der Waals surface area contributed by atoms with Crippen LogP contribution in [0.5, 0.6) is 0 Å². The van der Waals surface area contributed by atoms with Gasteiger partial charge in [-0.15, -0.1) is 0 Å². The Bertz CT molecular complexity index is 81.7. The Labute approximate surface area is 62.5 Å². The lowest BCUT2D eigenvalue weighted by atomic mass is 10.1. The molecule has 0 atom stereocenters. The largest absolute Gasteiger partial charge is 0.353 e. The summed E-state index contributed by atoms with van der Waals surface area (Å²) in [5, 5.41) is 0. The molecule has 0 rings (SSSR count). The number of hydrogen-bond acceptors (Lipinski definition) is 3. The Morgan fingerprint density at radius 2 is 1.80 bits per heavy atom. The topological polar surface area (TPSA) is 44.5 Å². The van der Waals surface area contributed by atoms with Crippen molar-refractivity contribution in [2.45, 2.75) is 25.6 Å². The van der Waals surface area contributed by atoms with E-state index in [2.05, 4.69) is 0 Å². The van der Waals surface area contributed by atoms with Crippen LogP contribution in [0.25, 0.3) is 0 Å². The number of nitrogens with two attached hydrogens (primary N) is 1. The molecule has 0 radical (unpaired) electrons. The monoisotopic (exact) mass is 147 g/mol. The lowest BCUT2D eigenvalue weighted by molar-refractivity contribution is -0.197. The van der Waals surface area contributed by atoms with Crippen molar-refractivity contribution in [2.24, 2.45) is 5.73 Å². The molecule has 0 aromatic carbocycles. The van der Waals surface area contributed by atoms with Crippen molar-refractivity contribution in [2.75, 3.05) is 20.8 Å². The Balaban J connectivity index is 3.58. The molecular weight excluding hydrogens is 130 g/mol. The van der Waals surface area contributed by atoms with Gasteiger partial charge in [0.2, 0.25) is 0 Å². The van der Waals surface area contributed by atoms with Crippen LogP contribution in [-0.2, 0) is 9.47 Å². The van der Waals surface area contributed by atoms with E-state index in [1.165, 1.54) is 0 Å². The molecule has 3 nitrogen and oxygen atoms in total. The number of hydrogen-bond donors (Lipinski definition) is 1. The standard InChI is InChI=1S/C7H17NO2/c1-7(9-2,10-3)5-4-6-8/h4-6,8H2,1-3H3. The highest BCUT2D eigenvalue weighted by Crippen LogP contribution is 2.15. The van der Waals surface area contributed by atoms with E-state index < -0.39 is 5.79 Å². The van der Waals surface area contributed by atoms with Crippen LogP contribution in [0.4, 0.5) is 0 Å². The third kappa shape index (κ3) is 3.15. The van der Waals surface area contributed by atoms with Crippen molar-refractivity contribution in [3.63, 3.8) is 0 Å². The molecule has 0 saturated heterocycles. The molecule has 0 heterocycles. The molecule has 10 heavy (non-hydrogen) atoms. The predicted molar refractivity (Wildman–Crippen MR) is 40.7 cm³/mol. The van der Waals surface area contributed by atoms with E-state index in [-0.39, 0.29) is 0 Å². The molecule has 62 valence electrons. The van der Waals surface area contributed by atoms with Crippen LogP contribution in [0.2, 0.25) is 0 Å². The van der Waals surface area contributed by atoms with E-state index in [0.29, 0.717) is 6.54 Å². The minimum atomic E-state index is -0.445. The number of rotatable bonds is 5. The molecule has 0 aliphatic heterocycles. The first-order chi connectivity index (χ1) is 4.68. The molecule has 0 aliphatic rings. The smallest absolute Gasteiger partial charge is 0.164 e. The van der Waals surface area contributed by atoms with Crippen LogP contribution in [0.3, 0.4) is 0 Å². The van der Waals surface area contributed by atoms with Crippen molar-refractivity contribution in [1.29, 1.82) is 0 Å². The molecule has 2 N–H and O–H groups in total. The zero-order valence-electron chi connectivity index (χ0n) is 7.02.